The largest absolute Gasteiger partial charge is 0.389 e. The quantitative estimate of drug-likeness (QED) is 0.623. The molecule has 1 unspecified atom stereocenters. The number of hydrogen-bond donors (Lipinski definition) is 1. The molecule has 0 aromatic carbocycles. The van der Waals surface area contributed by atoms with Crippen molar-refractivity contribution in [3.05, 3.63) is 11.6 Å². The molecule has 1 saturated heterocycles. The first-order valence-electron chi connectivity index (χ1n) is 4.73. The van der Waals surface area contributed by atoms with Crippen LogP contribution in [0.3, 0.4) is 0 Å². The second-order valence-electron chi connectivity index (χ2n) is 4.21. The van der Waals surface area contributed by atoms with Crippen LogP contribution in [0.1, 0.15) is 27.2 Å². The molecule has 0 aromatic rings. The van der Waals surface area contributed by atoms with Gasteiger partial charge in [0.1, 0.15) is 6.10 Å². The lowest BCUT2D eigenvalue weighted by molar-refractivity contribution is -0.145. The molecule has 1 fully saturated rings. The van der Waals surface area contributed by atoms with Crippen molar-refractivity contribution in [1.29, 1.82) is 0 Å². The van der Waals surface area contributed by atoms with Gasteiger partial charge in [0.25, 0.3) is 0 Å². The van der Waals surface area contributed by atoms with Crippen LogP contribution in [0.15, 0.2) is 11.6 Å². The van der Waals surface area contributed by atoms with Crippen LogP contribution in [-0.2, 0) is 9.47 Å². The molecule has 3 nitrogen and oxygen atoms in total. The maximum absolute atomic E-state index is 9.47. The highest BCUT2D eigenvalue weighted by molar-refractivity contribution is 5.23. The number of fused-ring (bicyclic) bond motifs is 1. The van der Waals surface area contributed by atoms with E-state index in [1.54, 1.807) is 6.92 Å². The number of aliphatic hydroxyl groups is 1. The van der Waals surface area contributed by atoms with Crippen molar-refractivity contribution in [3.8, 4) is 0 Å². The highest BCUT2D eigenvalue weighted by Crippen LogP contribution is 2.38. The van der Waals surface area contributed by atoms with Crippen molar-refractivity contribution < 1.29 is 14.6 Å². The third kappa shape index (κ3) is 1.52. The summed E-state index contributed by atoms with van der Waals surface area (Å²) in [4.78, 5) is 0. The molecule has 1 aliphatic heterocycles. The average molecular weight is 184 g/mol. The molecule has 74 valence electrons. The van der Waals surface area contributed by atoms with Crippen molar-refractivity contribution in [2.45, 2.75) is 51.3 Å². The van der Waals surface area contributed by atoms with Crippen LogP contribution in [0.5, 0.6) is 0 Å². The fourth-order valence-electron chi connectivity index (χ4n) is 2.07. The molecule has 1 N–H and O–H groups in total. The maximum atomic E-state index is 9.47. The van der Waals surface area contributed by atoms with E-state index in [0.29, 0.717) is 0 Å². The average Bonchev–Trinajstić information content (AvgIpc) is 2.41. The van der Waals surface area contributed by atoms with Crippen LogP contribution >= 0.6 is 0 Å². The normalized spacial score (nSPS) is 38.6. The molecule has 0 radical (unpaired) electrons. The summed E-state index contributed by atoms with van der Waals surface area (Å²) < 4.78 is 11.4. The fraction of sp³-hybridized carbons (Fsp3) is 0.800. The zero-order valence-corrected chi connectivity index (χ0v) is 8.28. The Kier molecular flexibility index (Phi) is 1.98. The fourth-order valence-corrected chi connectivity index (χ4v) is 2.07. The van der Waals surface area contributed by atoms with Gasteiger partial charge in [0.05, 0.1) is 12.2 Å². The predicted octanol–water partition coefficient (Wildman–Crippen LogP) is 1.22. The predicted molar refractivity (Wildman–Crippen MR) is 48.2 cm³/mol. The van der Waals surface area contributed by atoms with E-state index in [-0.39, 0.29) is 12.2 Å². The van der Waals surface area contributed by atoms with E-state index in [1.807, 2.05) is 19.9 Å². The Labute approximate surface area is 78.3 Å². The van der Waals surface area contributed by atoms with Crippen LogP contribution in [0.25, 0.3) is 0 Å². The molecule has 0 saturated carbocycles. The first kappa shape index (κ1) is 9.19. The summed E-state index contributed by atoms with van der Waals surface area (Å²) in [5.74, 6) is -0.496. The van der Waals surface area contributed by atoms with Gasteiger partial charge in [-0.25, -0.2) is 0 Å². The summed E-state index contributed by atoms with van der Waals surface area (Å²) in [5, 5.41) is 9.47. The van der Waals surface area contributed by atoms with Crippen molar-refractivity contribution in [3.63, 3.8) is 0 Å². The van der Waals surface area contributed by atoms with Crippen LogP contribution in [0, 0.1) is 0 Å². The topological polar surface area (TPSA) is 38.7 Å². The third-order valence-corrected chi connectivity index (χ3v) is 2.58. The lowest BCUT2D eigenvalue weighted by Crippen LogP contribution is -2.25. The smallest absolute Gasteiger partial charge is 0.164 e. The lowest BCUT2D eigenvalue weighted by atomic mass is 10.1. The standard InChI is InChI=1S/C10H16O3/c1-6(11)7-4-5-8-9(7)13-10(2,3)12-8/h4,6,8-9,11H,5H2,1-3H3/t6?,8-,9+/m1/s1. The molecule has 0 bridgehead atoms. The Balaban J connectivity index is 2.14. The number of hydrogen-bond acceptors (Lipinski definition) is 3. The minimum Gasteiger partial charge on any atom is -0.389 e. The van der Waals surface area contributed by atoms with Gasteiger partial charge in [0.15, 0.2) is 5.79 Å². The van der Waals surface area contributed by atoms with Gasteiger partial charge < -0.3 is 14.6 Å². The zero-order valence-electron chi connectivity index (χ0n) is 8.28. The summed E-state index contributed by atoms with van der Waals surface area (Å²) in [7, 11) is 0. The second kappa shape index (κ2) is 2.80. The van der Waals surface area contributed by atoms with Crippen molar-refractivity contribution in [1.82, 2.24) is 0 Å². The van der Waals surface area contributed by atoms with E-state index in [0.717, 1.165) is 12.0 Å². The third-order valence-electron chi connectivity index (χ3n) is 2.58. The van der Waals surface area contributed by atoms with E-state index in [4.69, 9.17) is 9.47 Å². The van der Waals surface area contributed by atoms with Crippen LogP contribution in [0.2, 0.25) is 0 Å². The van der Waals surface area contributed by atoms with Gasteiger partial charge in [-0.15, -0.1) is 0 Å². The Morgan fingerprint density at radius 2 is 2.23 bits per heavy atom. The Morgan fingerprint density at radius 3 is 2.85 bits per heavy atom. The second-order valence-corrected chi connectivity index (χ2v) is 4.21. The first-order valence-corrected chi connectivity index (χ1v) is 4.73. The van der Waals surface area contributed by atoms with Crippen LogP contribution in [0.4, 0.5) is 0 Å². The minimum absolute atomic E-state index is 0.0324. The molecule has 3 heteroatoms. The van der Waals surface area contributed by atoms with Gasteiger partial charge in [0, 0.05) is 0 Å². The minimum atomic E-state index is -0.496. The van der Waals surface area contributed by atoms with E-state index in [2.05, 4.69) is 0 Å². The Bertz CT molecular complexity index is 243. The molecule has 3 atom stereocenters. The van der Waals surface area contributed by atoms with Gasteiger partial charge in [-0.1, -0.05) is 6.08 Å². The zero-order chi connectivity index (χ0) is 9.64. The van der Waals surface area contributed by atoms with Gasteiger partial charge in [-0.05, 0) is 32.8 Å². The van der Waals surface area contributed by atoms with E-state index < -0.39 is 11.9 Å². The summed E-state index contributed by atoms with van der Waals surface area (Å²) in [6, 6.07) is 0. The van der Waals surface area contributed by atoms with Gasteiger partial charge >= 0.3 is 0 Å². The van der Waals surface area contributed by atoms with Crippen LogP contribution in [-0.4, -0.2) is 29.2 Å². The molecule has 13 heavy (non-hydrogen) atoms. The molecule has 1 aliphatic carbocycles. The summed E-state index contributed by atoms with van der Waals surface area (Å²) in [5.41, 5.74) is 0.968. The molecule has 1 heterocycles. The first-order chi connectivity index (χ1) is 5.99. The SMILES string of the molecule is CC(O)C1=CC[C@H]2OC(C)(C)O[C@@H]12. The highest BCUT2D eigenvalue weighted by Gasteiger charge is 2.46. The van der Waals surface area contributed by atoms with E-state index in [1.165, 1.54) is 0 Å². The highest BCUT2D eigenvalue weighted by atomic mass is 16.8. The number of aliphatic hydroxyl groups excluding tert-OH is 1. The van der Waals surface area contributed by atoms with Gasteiger partial charge in [-0.2, -0.15) is 0 Å². The monoisotopic (exact) mass is 184 g/mol. The summed E-state index contributed by atoms with van der Waals surface area (Å²) in [6.07, 6.45) is 2.53. The number of ether oxygens (including phenoxy) is 2. The van der Waals surface area contributed by atoms with Crippen molar-refractivity contribution in [2.24, 2.45) is 0 Å². The Hall–Kier alpha value is -0.380. The molecular weight excluding hydrogens is 168 g/mol. The summed E-state index contributed by atoms with van der Waals surface area (Å²) in [6.45, 7) is 5.58. The molecular formula is C10H16O3. The number of rotatable bonds is 1. The molecule has 0 aromatic heterocycles. The van der Waals surface area contributed by atoms with Gasteiger partial charge in [0.2, 0.25) is 0 Å². The maximum Gasteiger partial charge on any atom is 0.164 e. The van der Waals surface area contributed by atoms with E-state index in [9.17, 15) is 5.11 Å². The molecule has 0 spiro atoms. The van der Waals surface area contributed by atoms with Gasteiger partial charge in [-0.3, -0.25) is 0 Å². The lowest BCUT2D eigenvalue weighted by Gasteiger charge is -2.19. The van der Waals surface area contributed by atoms with Crippen molar-refractivity contribution in [2.75, 3.05) is 0 Å². The van der Waals surface area contributed by atoms with Crippen LogP contribution < -0.4 is 0 Å². The Morgan fingerprint density at radius 1 is 1.54 bits per heavy atom. The van der Waals surface area contributed by atoms with Crippen molar-refractivity contribution >= 4 is 0 Å². The molecule has 2 rings (SSSR count). The molecule has 2 aliphatic rings. The summed E-state index contributed by atoms with van der Waals surface area (Å²) >= 11 is 0. The van der Waals surface area contributed by atoms with E-state index >= 15 is 0 Å². The molecule has 0 amide bonds.